The number of nitrogens with one attached hydrogen (secondary N) is 1. The summed E-state index contributed by atoms with van der Waals surface area (Å²) in [5.74, 6) is 1.98. The van der Waals surface area contributed by atoms with E-state index in [1.54, 1.807) is 22.9 Å². The van der Waals surface area contributed by atoms with Crippen molar-refractivity contribution >= 4 is 23.6 Å². The minimum absolute atomic E-state index is 0.00505. The van der Waals surface area contributed by atoms with Crippen LogP contribution in [0.4, 0.5) is 0 Å². The third kappa shape index (κ3) is 4.52. The first-order valence-corrected chi connectivity index (χ1v) is 8.24. The zero-order valence-electron chi connectivity index (χ0n) is 12.7. The highest BCUT2D eigenvalue weighted by Crippen LogP contribution is 2.23. The van der Waals surface area contributed by atoms with Gasteiger partial charge in [0.25, 0.3) is 0 Å². The Morgan fingerprint density at radius 1 is 1.48 bits per heavy atom. The molecule has 2 heterocycles. The van der Waals surface area contributed by atoms with Crippen LogP contribution in [0, 0.1) is 0 Å². The highest BCUT2D eigenvalue weighted by molar-refractivity contribution is 7.99. The fourth-order valence-corrected chi connectivity index (χ4v) is 3.37. The van der Waals surface area contributed by atoms with Gasteiger partial charge in [-0.05, 0) is 32.9 Å². The quantitative estimate of drug-likeness (QED) is 0.924. The third-order valence-corrected chi connectivity index (χ3v) is 4.18. The molecular weight excluding hydrogens is 288 g/mol. The van der Waals surface area contributed by atoms with E-state index in [9.17, 15) is 9.59 Å². The molecule has 1 aromatic heterocycles. The van der Waals surface area contributed by atoms with Crippen LogP contribution in [0.15, 0.2) is 22.8 Å². The number of amides is 2. The normalized spacial score (nSPS) is 18.8. The lowest BCUT2D eigenvalue weighted by atomic mass is 10.1. The Labute approximate surface area is 129 Å². The predicted molar refractivity (Wildman–Crippen MR) is 82.9 cm³/mol. The summed E-state index contributed by atoms with van der Waals surface area (Å²) < 4.78 is 5.23. The van der Waals surface area contributed by atoms with E-state index in [4.69, 9.17) is 4.42 Å². The summed E-state index contributed by atoms with van der Waals surface area (Å²) in [6.45, 7) is 5.82. The van der Waals surface area contributed by atoms with Crippen molar-refractivity contribution in [3.05, 3.63) is 24.2 Å². The molecule has 0 unspecified atom stereocenters. The SMILES string of the molecule is CC(C)(C)NC(=O)[C@@H]1CSCN1C(=O)CCc1ccco1. The van der Waals surface area contributed by atoms with E-state index in [2.05, 4.69) is 5.32 Å². The zero-order chi connectivity index (χ0) is 15.5. The van der Waals surface area contributed by atoms with Gasteiger partial charge in [-0.1, -0.05) is 0 Å². The van der Waals surface area contributed by atoms with Crippen molar-refractivity contribution in [2.24, 2.45) is 0 Å². The first-order chi connectivity index (χ1) is 9.87. The predicted octanol–water partition coefficient (Wildman–Crippen LogP) is 2.03. The van der Waals surface area contributed by atoms with Gasteiger partial charge in [0.15, 0.2) is 0 Å². The molecule has 1 atom stereocenters. The number of thioether (sulfide) groups is 1. The lowest BCUT2D eigenvalue weighted by Crippen LogP contribution is -2.52. The second-order valence-electron chi connectivity index (χ2n) is 6.20. The van der Waals surface area contributed by atoms with Crippen molar-refractivity contribution in [2.75, 3.05) is 11.6 Å². The Hall–Kier alpha value is -1.43. The van der Waals surface area contributed by atoms with Crippen molar-refractivity contribution in [3.8, 4) is 0 Å². The van der Waals surface area contributed by atoms with Crippen molar-refractivity contribution in [1.29, 1.82) is 0 Å². The maximum atomic E-state index is 12.3. The number of hydrogen-bond acceptors (Lipinski definition) is 4. The summed E-state index contributed by atoms with van der Waals surface area (Å²) in [5, 5.41) is 2.95. The highest BCUT2D eigenvalue weighted by Gasteiger charge is 2.35. The lowest BCUT2D eigenvalue weighted by molar-refractivity contribution is -0.138. The van der Waals surface area contributed by atoms with Gasteiger partial charge in [-0.25, -0.2) is 0 Å². The Kier molecular flexibility index (Phi) is 4.98. The molecular formula is C15H22N2O3S. The molecule has 1 N–H and O–H groups in total. The van der Waals surface area contributed by atoms with Crippen molar-refractivity contribution in [3.63, 3.8) is 0 Å². The van der Waals surface area contributed by atoms with Crippen LogP contribution in [-0.4, -0.2) is 39.9 Å². The monoisotopic (exact) mass is 310 g/mol. The Balaban J connectivity index is 1.91. The Morgan fingerprint density at radius 3 is 2.86 bits per heavy atom. The maximum absolute atomic E-state index is 12.3. The molecule has 2 rings (SSSR count). The molecule has 21 heavy (non-hydrogen) atoms. The summed E-state index contributed by atoms with van der Waals surface area (Å²) in [6.07, 6.45) is 2.54. The summed E-state index contributed by atoms with van der Waals surface area (Å²) in [5.41, 5.74) is -0.284. The van der Waals surface area contributed by atoms with Gasteiger partial charge in [0.05, 0.1) is 12.1 Å². The minimum atomic E-state index is -0.363. The average molecular weight is 310 g/mol. The summed E-state index contributed by atoms with van der Waals surface area (Å²) in [7, 11) is 0. The maximum Gasteiger partial charge on any atom is 0.244 e. The Morgan fingerprint density at radius 2 is 2.24 bits per heavy atom. The first kappa shape index (κ1) is 15.9. The molecule has 0 aromatic carbocycles. The van der Waals surface area contributed by atoms with Crippen LogP contribution in [0.1, 0.15) is 33.0 Å². The van der Waals surface area contributed by atoms with Crippen LogP contribution < -0.4 is 5.32 Å². The van der Waals surface area contributed by atoms with Crippen molar-refractivity contribution in [1.82, 2.24) is 10.2 Å². The van der Waals surface area contributed by atoms with Crippen LogP contribution in [0.2, 0.25) is 0 Å². The van der Waals surface area contributed by atoms with E-state index in [1.807, 2.05) is 32.9 Å². The van der Waals surface area contributed by atoms with E-state index in [-0.39, 0.29) is 23.4 Å². The minimum Gasteiger partial charge on any atom is -0.469 e. The molecule has 2 amide bonds. The fourth-order valence-electron chi connectivity index (χ4n) is 2.19. The van der Waals surface area contributed by atoms with E-state index in [0.717, 1.165) is 5.76 Å². The number of rotatable bonds is 4. The van der Waals surface area contributed by atoms with Crippen LogP contribution in [0.3, 0.4) is 0 Å². The highest BCUT2D eigenvalue weighted by atomic mass is 32.2. The number of aryl methyl sites for hydroxylation is 1. The topological polar surface area (TPSA) is 62.6 Å². The standard InChI is InChI=1S/C15H22N2O3S/c1-15(2,3)16-14(19)12-9-21-10-17(12)13(18)7-6-11-5-4-8-20-11/h4-5,8,12H,6-7,9-10H2,1-3H3,(H,16,19)/t12-/m0/s1. The van der Waals surface area contributed by atoms with Crippen molar-refractivity contribution in [2.45, 2.75) is 45.2 Å². The van der Waals surface area contributed by atoms with Gasteiger partial charge in [-0.15, -0.1) is 11.8 Å². The molecule has 1 fully saturated rings. The number of carbonyl (C=O) groups is 2. The van der Waals surface area contributed by atoms with Gasteiger partial charge >= 0.3 is 0 Å². The summed E-state index contributed by atoms with van der Waals surface area (Å²) in [4.78, 5) is 26.3. The first-order valence-electron chi connectivity index (χ1n) is 7.08. The van der Waals surface area contributed by atoms with E-state index in [0.29, 0.717) is 24.5 Å². The van der Waals surface area contributed by atoms with Crippen molar-refractivity contribution < 1.29 is 14.0 Å². The second kappa shape index (κ2) is 6.56. The number of furan rings is 1. The molecule has 0 radical (unpaired) electrons. The van der Waals surface area contributed by atoms with E-state index < -0.39 is 0 Å². The molecule has 6 heteroatoms. The van der Waals surface area contributed by atoms with Crippen LogP contribution in [0.25, 0.3) is 0 Å². The van der Waals surface area contributed by atoms with E-state index in [1.165, 1.54) is 0 Å². The molecule has 5 nitrogen and oxygen atoms in total. The van der Waals surface area contributed by atoms with Gasteiger partial charge in [0.1, 0.15) is 11.8 Å². The van der Waals surface area contributed by atoms with Gasteiger partial charge < -0.3 is 14.6 Å². The van der Waals surface area contributed by atoms with Gasteiger partial charge in [-0.2, -0.15) is 0 Å². The third-order valence-electron chi connectivity index (χ3n) is 3.17. The van der Waals surface area contributed by atoms with Gasteiger partial charge in [0, 0.05) is 24.1 Å². The molecule has 116 valence electrons. The zero-order valence-corrected chi connectivity index (χ0v) is 13.5. The smallest absolute Gasteiger partial charge is 0.244 e. The largest absolute Gasteiger partial charge is 0.469 e. The molecule has 0 aliphatic carbocycles. The van der Waals surface area contributed by atoms with E-state index >= 15 is 0 Å². The second-order valence-corrected chi connectivity index (χ2v) is 7.20. The van der Waals surface area contributed by atoms with Crippen LogP contribution >= 0.6 is 11.8 Å². The summed E-state index contributed by atoms with van der Waals surface area (Å²) >= 11 is 1.62. The molecule has 0 saturated carbocycles. The number of hydrogen-bond donors (Lipinski definition) is 1. The van der Waals surface area contributed by atoms with Gasteiger partial charge in [-0.3, -0.25) is 9.59 Å². The lowest BCUT2D eigenvalue weighted by Gasteiger charge is -2.27. The molecule has 1 aromatic rings. The fraction of sp³-hybridized carbons (Fsp3) is 0.600. The van der Waals surface area contributed by atoms with Crippen LogP contribution in [0.5, 0.6) is 0 Å². The average Bonchev–Trinajstić information content (AvgIpc) is 3.05. The molecule has 1 saturated heterocycles. The molecule has 0 spiro atoms. The number of carbonyl (C=O) groups excluding carboxylic acids is 2. The number of nitrogens with zero attached hydrogens (tertiary/aromatic N) is 1. The molecule has 1 aliphatic heterocycles. The Bertz CT molecular complexity index is 494. The molecule has 0 bridgehead atoms. The molecule has 1 aliphatic rings. The summed E-state index contributed by atoms with van der Waals surface area (Å²) in [6, 6.07) is 3.30. The van der Waals surface area contributed by atoms with Gasteiger partial charge in [0.2, 0.25) is 11.8 Å². The van der Waals surface area contributed by atoms with Crippen LogP contribution in [-0.2, 0) is 16.0 Å².